The molecule has 4 atom stereocenters. The summed E-state index contributed by atoms with van der Waals surface area (Å²) in [7, 11) is 0. The summed E-state index contributed by atoms with van der Waals surface area (Å²) in [6.07, 6.45) is 15.4. The van der Waals surface area contributed by atoms with Crippen molar-refractivity contribution in [1.29, 1.82) is 10.5 Å². The Morgan fingerprint density at radius 1 is 0.729 bits per heavy atom. The van der Waals surface area contributed by atoms with Crippen LogP contribution in [0.15, 0.2) is 95.8 Å². The SMILES string of the molecule is C#Cc1cccc(Cl)c1.N#Cc1cccnc1N1CCN2[C@@H](CCC[C@@H]2c2cc(-c3cccc(Cl)c3)on2)C1.N#Cc1cccnc1N1CCN2[C@@H](CO)CCC[C@H]2C1. The molecule has 2 aromatic carbocycles. The molecule has 3 aromatic heterocycles. The van der Waals surface area contributed by atoms with Crippen molar-refractivity contribution in [3.05, 3.63) is 124 Å². The van der Waals surface area contributed by atoms with E-state index in [4.69, 9.17) is 34.1 Å². The van der Waals surface area contributed by atoms with Crippen molar-refractivity contribution in [2.45, 2.75) is 62.7 Å². The highest BCUT2D eigenvalue weighted by atomic mass is 35.5. The molecule has 9 rings (SSSR count). The smallest absolute Gasteiger partial charge is 0.167 e. The van der Waals surface area contributed by atoms with Gasteiger partial charge in [-0.1, -0.05) is 58.9 Å². The number of hydrogen-bond donors (Lipinski definition) is 1. The molecule has 0 saturated carbocycles. The first-order valence-electron chi connectivity index (χ1n) is 20.2. The second-order valence-electron chi connectivity index (χ2n) is 15.1. The van der Waals surface area contributed by atoms with Crippen molar-refractivity contribution in [3.63, 3.8) is 0 Å². The maximum absolute atomic E-state index is 9.48. The van der Waals surface area contributed by atoms with Crippen molar-refractivity contribution < 1.29 is 9.63 Å². The number of nitriles is 2. The molecule has 0 bridgehead atoms. The van der Waals surface area contributed by atoms with Gasteiger partial charge in [0, 0.05) is 97.0 Å². The number of halogens is 2. The molecule has 1 N–H and O–H groups in total. The van der Waals surface area contributed by atoms with Crippen LogP contribution in [-0.2, 0) is 0 Å². The van der Waals surface area contributed by atoms with E-state index in [0.29, 0.717) is 39.3 Å². The monoisotopic (exact) mass is 827 g/mol. The van der Waals surface area contributed by atoms with Crippen LogP contribution in [0, 0.1) is 35.0 Å². The second kappa shape index (κ2) is 20.0. The molecule has 0 amide bonds. The van der Waals surface area contributed by atoms with Gasteiger partial charge in [-0.3, -0.25) is 9.80 Å². The Hall–Kier alpha value is -5.45. The molecule has 59 heavy (non-hydrogen) atoms. The second-order valence-corrected chi connectivity index (χ2v) is 16.0. The number of aliphatic hydroxyl groups excluding tert-OH is 1. The fourth-order valence-corrected chi connectivity index (χ4v) is 9.17. The largest absolute Gasteiger partial charge is 0.395 e. The lowest BCUT2D eigenvalue weighted by molar-refractivity contribution is 0.0369. The highest BCUT2D eigenvalue weighted by Gasteiger charge is 2.38. The van der Waals surface area contributed by atoms with Crippen LogP contribution in [0.2, 0.25) is 10.0 Å². The maximum atomic E-state index is 9.48. The number of anilines is 2. The summed E-state index contributed by atoms with van der Waals surface area (Å²) in [6.45, 7) is 5.61. The highest BCUT2D eigenvalue weighted by Crippen LogP contribution is 2.38. The predicted molar refractivity (Wildman–Crippen MR) is 231 cm³/mol. The van der Waals surface area contributed by atoms with E-state index in [-0.39, 0.29) is 12.6 Å². The number of rotatable bonds is 5. The number of fused-ring (bicyclic) bond motifs is 2. The molecule has 4 aliphatic rings. The van der Waals surface area contributed by atoms with Gasteiger partial charge in [-0.2, -0.15) is 10.5 Å². The van der Waals surface area contributed by atoms with Crippen LogP contribution in [0.3, 0.4) is 0 Å². The zero-order valence-electron chi connectivity index (χ0n) is 32.9. The van der Waals surface area contributed by atoms with E-state index in [9.17, 15) is 15.6 Å². The first-order chi connectivity index (χ1) is 28.9. The third-order valence-corrected chi connectivity index (χ3v) is 12.1. The lowest BCUT2D eigenvalue weighted by Gasteiger charge is -2.48. The van der Waals surface area contributed by atoms with Gasteiger partial charge in [0.15, 0.2) is 5.76 Å². The summed E-state index contributed by atoms with van der Waals surface area (Å²) in [4.78, 5) is 18.3. The summed E-state index contributed by atoms with van der Waals surface area (Å²) in [5.41, 5.74) is 4.04. The first-order valence-corrected chi connectivity index (χ1v) is 20.9. The Labute approximate surface area is 356 Å². The topological polar surface area (TPSA) is 133 Å². The minimum atomic E-state index is 0.252. The van der Waals surface area contributed by atoms with E-state index in [1.807, 2.05) is 54.6 Å². The number of nitrogens with zero attached hydrogens (tertiary/aromatic N) is 9. The molecular formula is C46H47Cl2N9O2. The Bertz CT molecular complexity index is 2320. The standard InChI is InChI=1S/C23H22ClN5O.C15H20N4O.C8H5Cl/c24-18-6-1-4-16(12-18)22-13-20(27-30-22)21-8-2-7-19-15-28(10-11-29(19)21)23-17(14-25)5-3-9-26-23;16-9-12-3-2-6-17-15(12)18-7-8-19-13(10-18)4-1-5-14(19)11-20;1-2-7-4-3-5-8(9)6-7/h1,3-6,9,12-13,19,21H,2,7-8,10-11,15H2;2-3,6,13-14,20H,1,4-5,7-8,10-11H2;1,3-6H/t19-,21+;13-,14+;/m00./s1. The average molecular weight is 829 g/mol. The van der Waals surface area contributed by atoms with Gasteiger partial charge in [0.05, 0.1) is 23.8 Å². The van der Waals surface area contributed by atoms with Crippen LogP contribution in [0.25, 0.3) is 11.3 Å². The van der Waals surface area contributed by atoms with Crippen molar-refractivity contribution in [2.75, 3.05) is 55.7 Å². The summed E-state index contributed by atoms with van der Waals surface area (Å²) >= 11 is 11.8. The van der Waals surface area contributed by atoms with Crippen LogP contribution in [0.5, 0.6) is 0 Å². The molecular weight excluding hydrogens is 781 g/mol. The van der Waals surface area contributed by atoms with Crippen molar-refractivity contribution >= 4 is 34.8 Å². The van der Waals surface area contributed by atoms with E-state index in [2.05, 4.69) is 58.8 Å². The Morgan fingerprint density at radius 3 is 1.93 bits per heavy atom. The zero-order valence-corrected chi connectivity index (χ0v) is 34.4. The van der Waals surface area contributed by atoms with E-state index >= 15 is 0 Å². The minimum Gasteiger partial charge on any atom is -0.395 e. The van der Waals surface area contributed by atoms with Crippen LogP contribution >= 0.6 is 23.2 Å². The number of piperidine rings is 2. The van der Waals surface area contributed by atoms with Crippen LogP contribution in [0.4, 0.5) is 11.6 Å². The quantitative estimate of drug-likeness (QED) is 0.173. The third kappa shape index (κ3) is 10.1. The van der Waals surface area contributed by atoms with Gasteiger partial charge in [0.25, 0.3) is 0 Å². The number of terminal acetylenes is 1. The van der Waals surface area contributed by atoms with Gasteiger partial charge in [-0.15, -0.1) is 6.42 Å². The molecule has 4 fully saturated rings. The molecule has 0 aliphatic carbocycles. The zero-order chi connectivity index (χ0) is 41.1. The average Bonchev–Trinajstić information content (AvgIpc) is 3.79. The number of hydrogen-bond acceptors (Lipinski definition) is 11. The van der Waals surface area contributed by atoms with Gasteiger partial charge >= 0.3 is 0 Å². The van der Waals surface area contributed by atoms with Crippen LogP contribution < -0.4 is 9.80 Å². The molecule has 5 aromatic rings. The molecule has 11 nitrogen and oxygen atoms in total. The van der Waals surface area contributed by atoms with E-state index in [1.165, 1.54) is 12.8 Å². The molecule has 0 spiro atoms. The van der Waals surface area contributed by atoms with Crippen LogP contribution in [0.1, 0.15) is 67.0 Å². The predicted octanol–water partition coefficient (Wildman–Crippen LogP) is 7.99. The highest BCUT2D eigenvalue weighted by molar-refractivity contribution is 6.31. The van der Waals surface area contributed by atoms with Crippen molar-refractivity contribution in [2.24, 2.45) is 0 Å². The first kappa shape index (κ1) is 41.7. The molecule has 13 heteroatoms. The van der Waals surface area contributed by atoms with Gasteiger partial charge in [-0.25, -0.2) is 9.97 Å². The van der Waals surface area contributed by atoms with Gasteiger partial charge < -0.3 is 19.4 Å². The molecule has 7 heterocycles. The Morgan fingerprint density at radius 2 is 1.34 bits per heavy atom. The van der Waals surface area contributed by atoms with Crippen molar-refractivity contribution in [3.8, 4) is 35.8 Å². The lowest BCUT2D eigenvalue weighted by atomic mass is 9.91. The summed E-state index contributed by atoms with van der Waals surface area (Å²) in [5.74, 6) is 4.84. The molecule has 4 saturated heterocycles. The van der Waals surface area contributed by atoms with Gasteiger partial charge in [0.2, 0.25) is 0 Å². The van der Waals surface area contributed by atoms with Crippen LogP contribution in [-0.4, -0.2) is 94.0 Å². The lowest BCUT2D eigenvalue weighted by Crippen LogP contribution is -2.59. The number of piperazine rings is 2. The molecule has 4 aliphatic heterocycles. The van der Waals surface area contributed by atoms with Crippen molar-refractivity contribution in [1.82, 2.24) is 24.9 Å². The maximum Gasteiger partial charge on any atom is 0.167 e. The third-order valence-electron chi connectivity index (χ3n) is 11.6. The summed E-state index contributed by atoms with van der Waals surface area (Å²) < 4.78 is 5.67. The normalized spacial score (nSPS) is 21.5. The van der Waals surface area contributed by atoms with Gasteiger partial charge in [0.1, 0.15) is 29.5 Å². The summed E-state index contributed by atoms with van der Waals surface area (Å²) in [6, 6.07) is 30.2. The molecule has 0 unspecified atom stereocenters. The fraction of sp³-hybridized carbons (Fsp3) is 0.370. The van der Waals surface area contributed by atoms with E-state index in [1.54, 1.807) is 30.6 Å². The minimum absolute atomic E-state index is 0.252. The number of aromatic nitrogens is 3. The number of benzene rings is 2. The summed E-state index contributed by atoms with van der Waals surface area (Å²) in [5, 5.41) is 33.9. The molecule has 302 valence electrons. The number of pyridine rings is 2. The fourth-order valence-electron chi connectivity index (χ4n) is 8.78. The van der Waals surface area contributed by atoms with Gasteiger partial charge in [-0.05, 0) is 86.7 Å². The van der Waals surface area contributed by atoms with E-state index in [0.717, 1.165) is 99.2 Å². The Kier molecular flexibility index (Phi) is 14.1. The Balaban J connectivity index is 0.000000156. The van der Waals surface area contributed by atoms with E-state index < -0.39 is 0 Å². The number of aliphatic hydroxyl groups is 1. The molecule has 0 radical (unpaired) electrons.